The van der Waals surface area contributed by atoms with Gasteiger partial charge in [0.05, 0.1) is 6.01 Å². The fraction of sp³-hybridized carbons (Fsp3) is 0. The lowest BCUT2D eigenvalue weighted by molar-refractivity contribution is 1.86. The second kappa shape index (κ2) is 3.81. The number of rotatable bonds is 0. The Balaban J connectivity index is 3.26. The summed E-state index contributed by atoms with van der Waals surface area (Å²) in [5, 5.41) is 0. The van der Waals surface area contributed by atoms with Crippen molar-refractivity contribution in [3.05, 3.63) is 0 Å². The zero-order chi connectivity index (χ0) is 4.12. The Bertz CT molecular complexity index is 56.0. The van der Waals surface area contributed by atoms with Crippen molar-refractivity contribution in [2.45, 2.75) is 0 Å². The summed E-state index contributed by atoms with van der Waals surface area (Å²) in [5.41, 5.74) is 0. The Morgan fingerprint density at radius 3 is 1.60 bits per heavy atom. The van der Waals surface area contributed by atoms with Crippen LogP contribution in [0.15, 0.2) is 9.32 Å². The summed E-state index contributed by atoms with van der Waals surface area (Å²) < 4.78 is 6.39. The molecule has 0 aliphatic heterocycles. The van der Waals surface area contributed by atoms with E-state index in [1.165, 1.54) is 0 Å². The van der Waals surface area contributed by atoms with Crippen LogP contribution in [0.4, 0.5) is 0 Å². The highest BCUT2D eigenvalue weighted by Gasteiger charge is 1.38. The van der Waals surface area contributed by atoms with Crippen LogP contribution in [0.25, 0.3) is 0 Å². The lowest BCUT2D eigenvalue weighted by atomic mass is 11.6. The van der Waals surface area contributed by atoms with Gasteiger partial charge in [0.1, 0.15) is 0 Å². The summed E-state index contributed by atoms with van der Waals surface area (Å²) in [6, 6.07) is 2.19. The molecule has 0 saturated carbocycles. The number of hydrogen-bond donors (Lipinski definition) is 0. The third-order valence-corrected chi connectivity index (χ3v) is 0.300. The molecule has 0 bridgehead atoms. The van der Waals surface area contributed by atoms with E-state index in [0.29, 0.717) is 0 Å². The molecule has 4 heteroatoms. The lowest BCUT2D eigenvalue weighted by Gasteiger charge is -1.49. The van der Waals surface area contributed by atoms with E-state index < -0.39 is 0 Å². The van der Waals surface area contributed by atoms with Gasteiger partial charge in [-0.1, -0.05) is 0 Å². The third-order valence-electron chi connectivity index (χ3n) is 0.100. The minimum Gasteiger partial charge on any atom is -0.271 e. The van der Waals surface area contributed by atoms with Crippen LogP contribution in [0.5, 0.6) is 0 Å². The van der Waals surface area contributed by atoms with E-state index in [1.54, 1.807) is 0 Å². The second-order valence-corrected chi connectivity index (χ2v) is 0.771. The molecule has 0 saturated heterocycles. The van der Waals surface area contributed by atoms with Crippen molar-refractivity contribution < 1.29 is 0 Å². The van der Waals surface area contributed by atoms with Crippen LogP contribution in [-0.4, -0.2) is 26.8 Å². The Labute approximate surface area is 37.0 Å². The van der Waals surface area contributed by atoms with Crippen LogP contribution in [-0.2, 0) is 0 Å². The van der Waals surface area contributed by atoms with Crippen molar-refractivity contribution in [3.63, 3.8) is 0 Å². The number of hydrogen-bond acceptors (Lipinski definition) is 2. The van der Waals surface area contributed by atoms with E-state index in [1.807, 2.05) is 0 Å². The summed E-state index contributed by atoms with van der Waals surface area (Å²) in [7, 11) is 5.48. The van der Waals surface area contributed by atoms with Gasteiger partial charge < -0.3 is 0 Å². The summed E-state index contributed by atoms with van der Waals surface area (Å²) in [5.74, 6) is 0. The molecule has 0 fully saturated rings. The van der Waals surface area contributed by atoms with Gasteiger partial charge in [0.15, 0.2) is 0 Å². The predicted molar refractivity (Wildman–Crippen MR) is 21.4 cm³/mol. The van der Waals surface area contributed by atoms with Gasteiger partial charge in [-0.25, -0.2) is 0 Å². The molecular formula is CN2Si2. The zero-order valence-electron chi connectivity index (χ0n) is 2.39. The first kappa shape index (κ1) is 4.81. The van der Waals surface area contributed by atoms with Crippen molar-refractivity contribution in [2.75, 3.05) is 0 Å². The molecule has 22 valence electrons. The van der Waals surface area contributed by atoms with Crippen molar-refractivity contribution >= 4 is 26.8 Å². The lowest BCUT2D eigenvalue weighted by Crippen LogP contribution is -1.51. The van der Waals surface area contributed by atoms with Gasteiger partial charge >= 0.3 is 0 Å². The summed E-state index contributed by atoms with van der Waals surface area (Å²) in [6.45, 7) is 0. The molecule has 0 spiro atoms. The number of nitrogens with zero attached hydrogens (tertiary/aromatic N) is 2. The van der Waals surface area contributed by atoms with Gasteiger partial charge in [0.25, 0.3) is 0 Å². The average Bonchev–Trinajstić information content (AvgIpc) is 1.41. The molecule has 0 aromatic rings. The van der Waals surface area contributed by atoms with Gasteiger partial charge in [0, 0.05) is 0 Å². The van der Waals surface area contributed by atoms with Crippen LogP contribution in [0, 0.1) is 0 Å². The molecule has 0 aliphatic rings. The Morgan fingerprint density at radius 1 is 1.20 bits per heavy atom. The van der Waals surface area contributed by atoms with Gasteiger partial charge in [0.2, 0.25) is 20.8 Å². The normalized spacial score (nSPS) is 5.20. The molecule has 0 aliphatic carbocycles. The van der Waals surface area contributed by atoms with Crippen LogP contribution in [0.1, 0.15) is 0 Å². The molecule has 2 nitrogen and oxygen atoms in total. The maximum Gasteiger partial charge on any atom is 0.238 e. The van der Waals surface area contributed by atoms with Crippen LogP contribution in [0.2, 0.25) is 0 Å². The Hall–Kier alpha value is -0.186. The standard InChI is InChI=1S/CN2Si2/c4-2-1-3-5. The highest BCUT2D eigenvalue weighted by atomic mass is 28.2. The summed E-state index contributed by atoms with van der Waals surface area (Å²) in [6.07, 6.45) is 0. The SMILES string of the molecule is [Si]N=C=N[Si]. The molecule has 0 unspecified atom stereocenters. The second-order valence-electron chi connectivity index (χ2n) is 0.324. The highest BCUT2D eigenvalue weighted by molar-refractivity contribution is 6.12. The Kier molecular flexibility index (Phi) is 3.67. The monoisotopic (exact) mass is 96.0 g/mol. The first-order valence-corrected chi connectivity index (χ1v) is 1.79. The largest absolute Gasteiger partial charge is 0.271 e. The predicted octanol–water partition coefficient (Wildman–Crippen LogP) is -0.673. The third kappa shape index (κ3) is 3.81. The van der Waals surface area contributed by atoms with E-state index >= 15 is 0 Å². The molecule has 0 amide bonds. The van der Waals surface area contributed by atoms with Crippen LogP contribution >= 0.6 is 0 Å². The van der Waals surface area contributed by atoms with Gasteiger partial charge in [-0.3, -0.25) is 9.32 Å². The molecule has 6 radical (unpaired) electrons. The molecule has 0 aromatic heterocycles. The minimum atomic E-state index is 2.19. The Morgan fingerprint density at radius 2 is 1.60 bits per heavy atom. The van der Waals surface area contributed by atoms with E-state index in [4.69, 9.17) is 0 Å². The summed E-state index contributed by atoms with van der Waals surface area (Å²) >= 11 is 0. The van der Waals surface area contributed by atoms with E-state index in [2.05, 4.69) is 36.1 Å². The van der Waals surface area contributed by atoms with Gasteiger partial charge in [-0.2, -0.15) is 0 Å². The van der Waals surface area contributed by atoms with Gasteiger partial charge in [-0.05, 0) is 0 Å². The molecule has 0 N–H and O–H groups in total. The fourth-order valence-electron chi connectivity index (χ4n) is 0.0250. The first-order valence-electron chi connectivity index (χ1n) is 0.894. The quantitative estimate of drug-likeness (QED) is 0.282. The highest BCUT2D eigenvalue weighted by Crippen LogP contribution is 1.37. The maximum atomic E-state index is 3.19. The van der Waals surface area contributed by atoms with Crippen molar-refractivity contribution in [1.29, 1.82) is 0 Å². The van der Waals surface area contributed by atoms with Crippen LogP contribution < -0.4 is 0 Å². The van der Waals surface area contributed by atoms with Crippen molar-refractivity contribution in [1.82, 2.24) is 0 Å². The average molecular weight is 96.2 g/mol. The maximum absolute atomic E-state index is 3.19. The minimum absolute atomic E-state index is 2.19. The van der Waals surface area contributed by atoms with Crippen molar-refractivity contribution in [2.24, 2.45) is 9.32 Å². The molecule has 0 rings (SSSR count). The smallest absolute Gasteiger partial charge is 0.238 e. The van der Waals surface area contributed by atoms with E-state index in [0.717, 1.165) is 0 Å². The van der Waals surface area contributed by atoms with Gasteiger partial charge in [-0.15, -0.1) is 0 Å². The zero-order valence-corrected chi connectivity index (χ0v) is 4.39. The first-order chi connectivity index (χ1) is 2.41. The molecule has 0 aromatic carbocycles. The summed E-state index contributed by atoms with van der Waals surface area (Å²) in [4.78, 5) is 0. The molecule has 5 heavy (non-hydrogen) atoms. The molecule has 0 heterocycles. The van der Waals surface area contributed by atoms with E-state index in [9.17, 15) is 0 Å². The van der Waals surface area contributed by atoms with E-state index in [-0.39, 0.29) is 0 Å². The topological polar surface area (TPSA) is 24.7 Å². The van der Waals surface area contributed by atoms with Crippen LogP contribution in [0.3, 0.4) is 0 Å². The van der Waals surface area contributed by atoms with Crippen molar-refractivity contribution in [3.8, 4) is 0 Å². The molecule has 0 atom stereocenters. The molecular weight excluding hydrogens is 96.2 g/mol. The fourth-order valence-corrected chi connectivity index (χ4v) is 0.225.